The summed E-state index contributed by atoms with van der Waals surface area (Å²) in [5.41, 5.74) is -0.337. The molecule has 98 valence electrons. The third-order valence-corrected chi connectivity index (χ3v) is 2.38. The van der Waals surface area contributed by atoms with Crippen LogP contribution < -0.4 is 5.32 Å². The number of anilines is 1. The molecule has 7 heteroatoms. The lowest BCUT2D eigenvalue weighted by atomic mass is 10.2. The maximum Gasteiger partial charge on any atom is 0.328 e. The molecule has 1 N–H and O–H groups in total. The molecule has 0 fully saturated rings. The first-order chi connectivity index (χ1) is 8.49. The van der Waals surface area contributed by atoms with Crippen LogP contribution in [0.15, 0.2) is 18.2 Å². The molecule has 0 aliphatic heterocycles. The predicted octanol–water partition coefficient (Wildman–Crippen LogP) is 2.10. The van der Waals surface area contributed by atoms with Crippen LogP contribution >= 0.6 is 0 Å². The van der Waals surface area contributed by atoms with Crippen LogP contribution in [0, 0.1) is 15.9 Å². The van der Waals surface area contributed by atoms with Gasteiger partial charge in [0.05, 0.1) is 12.0 Å². The first kappa shape index (κ1) is 13.9. The number of hydrogen-bond donors (Lipinski definition) is 1. The van der Waals surface area contributed by atoms with Gasteiger partial charge in [0.2, 0.25) is 0 Å². The summed E-state index contributed by atoms with van der Waals surface area (Å²) in [4.78, 5) is 21.5. The number of carbonyl (C=O) groups is 1. The van der Waals surface area contributed by atoms with Gasteiger partial charge in [-0.15, -0.1) is 0 Å². The van der Waals surface area contributed by atoms with Gasteiger partial charge in [-0.05, 0) is 12.5 Å². The second-order valence-electron chi connectivity index (χ2n) is 3.55. The normalized spacial score (nSPS) is 11.7. The van der Waals surface area contributed by atoms with Crippen LogP contribution in [0.4, 0.5) is 15.8 Å². The van der Waals surface area contributed by atoms with E-state index in [1.807, 2.05) is 0 Å². The van der Waals surface area contributed by atoms with Gasteiger partial charge in [-0.3, -0.25) is 10.1 Å². The molecular formula is C11H13FN2O4. The number of halogens is 1. The topological polar surface area (TPSA) is 81.5 Å². The Morgan fingerprint density at radius 2 is 2.28 bits per heavy atom. The van der Waals surface area contributed by atoms with Crippen LogP contribution in [0.1, 0.15) is 13.3 Å². The van der Waals surface area contributed by atoms with E-state index in [0.717, 1.165) is 18.2 Å². The van der Waals surface area contributed by atoms with E-state index >= 15 is 0 Å². The van der Waals surface area contributed by atoms with Crippen LogP contribution in [0.5, 0.6) is 0 Å². The van der Waals surface area contributed by atoms with E-state index in [9.17, 15) is 19.3 Å². The van der Waals surface area contributed by atoms with Crippen LogP contribution in [-0.4, -0.2) is 24.0 Å². The molecule has 1 atom stereocenters. The van der Waals surface area contributed by atoms with Crippen molar-refractivity contribution in [2.24, 2.45) is 0 Å². The molecule has 1 rings (SSSR count). The number of nitrogens with one attached hydrogen (secondary N) is 1. The summed E-state index contributed by atoms with van der Waals surface area (Å²) in [7, 11) is 1.21. The van der Waals surface area contributed by atoms with E-state index in [0.29, 0.717) is 6.42 Å². The number of ether oxygens (including phenoxy) is 1. The quantitative estimate of drug-likeness (QED) is 0.495. The largest absolute Gasteiger partial charge is 0.467 e. The molecule has 0 radical (unpaired) electrons. The highest BCUT2D eigenvalue weighted by molar-refractivity contribution is 5.80. The molecular weight excluding hydrogens is 243 g/mol. The van der Waals surface area contributed by atoms with E-state index < -0.39 is 22.8 Å². The molecule has 0 bridgehead atoms. The summed E-state index contributed by atoms with van der Waals surface area (Å²) in [5.74, 6) is -1.18. The van der Waals surface area contributed by atoms with E-state index in [1.54, 1.807) is 6.92 Å². The summed E-state index contributed by atoms with van der Waals surface area (Å²) in [6.07, 6.45) is 0.361. The first-order valence-corrected chi connectivity index (χ1v) is 5.27. The molecule has 0 saturated carbocycles. The molecule has 1 aromatic rings. The van der Waals surface area contributed by atoms with Gasteiger partial charge in [0.15, 0.2) is 0 Å². The monoisotopic (exact) mass is 256 g/mol. The van der Waals surface area contributed by atoms with Gasteiger partial charge in [0.1, 0.15) is 17.5 Å². The molecule has 0 heterocycles. The molecule has 0 amide bonds. The van der Waals surface area contributed by atoms with Crippen LogP contribution in [0.3, 0.4) is 0 Å². The number of rotatable bonds is 5. The van der Waals surface area contributed by atoms with Gasteiger partial charge in [-0.2, -0.15) is 0 Å². The number of nitrogens with zero attached hydrogens (tertiary/aromatic N) is 1. The highest BCUT2D eigenvalue weighted by Crippen LogP contribution is 2.26. The van der Waals surface area contributed by atoms with Gasteiger partial charge in [-0.1, -0.05) is 6.92 Å². The molecule has 1 unspecified atom stereocenters. The molecule has 1 aromatic carbocycles. The summed E-state index contributed by atoms with van der Waals surface area (Å²) >= 11 is 0. The minimum atomic E-state index is -0.754. The van der Waals surface area contributed by atoms with Gasteiger partial charge in [0.25, 0.3) is 5.69 Å². The average molecular weight is 256 g/mol. The number of benzene rings is 1. The summed E-state index contributed by atoms with van der Waals surface area (Å²) in [6, 6.07) is 2.25. The van der Waals surface area contributed by atoms with Crippen molar-refractivity contribution in [3.05, 3.63) is 34.1 Å². The van der Waals surface area contributed by atoms with Crippen molar-refractivity contribution in [3.63, 3.8) is 0 Å². The Morgan fingerprint density at radius 3 is 2.78 bits per heavy atom. The lowest BCUT2D eigenvalue weighted by molar-refractivity contribution is -0.384. The highest BCUT2D eigenvalue weighted by atomic mass is 19.1. The average Bonchev–Trinajstić information content (AvgIpc) is 2.34. The number of nitro groups is 1. The number of methoxy groups -OCH3 is 1. The van der Waals surface area contributed by atoms with E-state index in [4.69, 9.17) is 0 Å². The van der Waals surface area contributed by atoms with Gasteiger partial charge < -0.3 is 10.1 Å². The number of esters is 1. The molecule has 6 nitrogen and oxygen atoms in total. The smallest absolute Gasteiger partial charge is 0.328 e. The maximum atomic E-state index is 13.1. The molecule has 18 heavy (non-hydrogen) atoms. The fourth-order valence-electron chi connectivity index (χ4n) is 1.44. The van der Waals surface area contributed by atoms with Crippen molar-refractivity contribution >= 4 is 17.3 Å². The Balaban J connectivity index is 3.04. The maximum absolute atomic E-state index is 13.1. The molecule has 0 aromatic heterocycles. The number of carbonyl (C=O) groups excluding carboxylic acids is 1. The molecule has 0 aliphatic carbocycles. The standard InChI is InChI=1S/C11H13FN2O4/c1-3-8(11(15)18-2)13-9-6-7(12)4-5-10(9)14(16)17/h4-6,8,13H,3H2,1-2H3. The van der Waals surface area contributed by atoms with Crippen molar-refractivity contribution < 1.29 is 18.8 Å². The lowest BCUT2D eigenvalue weighted by Gasteiger charge is -2.15. The number of hydrogen-bond acceptors (Lipinski definition) is 5. The van der Waals surface area contributed by atoms with Crippen molar-refractivity contribution in [2.75, 3.05) is 12.4 Å². The van der Waals surface area contributed by atoms with Crippen molar-refractivity contribution in [3.8, 4) is 0 Å². The van der Waals surface area contributed by atoms with Crippen LogP contribution in [0.2, 0.25) is 0 Å². The number of nitro benzene ring substituents is 1. The van der Waals surface area contributed by atoms with Gasteiger partial charge >= 0.3 is 5.97 Å². The third-order valence-electron chi connectivity index (χ3n) is 2.38. The van der Waals surface area contributed by atoms with Crippen LogP contribution in [-0.2, 0) is 9.53 Å². The molecule has 0 aliphatic rings. The van der Waals surface area contributed by atoms with Crippen molar-refractivity contribution in [2.45, 2.75) is 19.4 Å². The zero-order valence-corrected chi connectivity index (χ0v) is 9.97. The summed E-state index contributed by atoms with van der Waals surface area (Å²) < 4.78 is 17.6. The Hall–Kier alpha value is -2.18. The Kier molecular flexibility index (Phi) is 4.59. The Bertz CT molecular complexity index is 464. The Labute approximate surface area is 103 Å². The fraction of sp³-hybridized carbons (Fsp3) is 0.364. The Morgan fingerprint density at radius 1 is 1.61 bits per heavy atom. The van der Waals surface area contributed by atoms with Crippen molar-refractivity contribution in [1.29, 1.82) is 0 Å². The summed E-state index contributed by atoms with van der Waals surface area (Å²) in [6.45, 7) is 1.71. The zero-order valence-electron chi connectivity index (χ0n) is 9.97. The van der Waals surface area contributed by atoms with Crippen LogP contribution in [0.25, 0.3) is 0 Å². The lowest BCUT2D eigenvalue weighted by Crippen LogP contribution is -2.30. The van der Waals surface area contributed by atoms with E-state index in [1.165, 1.54) is 7.11 Å². The predicted molar refractivity (Wildman–Crippen MR) is 62.8 cm³/mol. The summed E-state index contributed by atoms with van der Waals surface area (Å²) in [5, 5.41) is 13.4. The molecule has 0 spiro atoms. The zero-order chi connectivity index (χ0) is 13.7. The minimum Gasteiger partial charge on any atom is -0.467 e. The van der Waals surface area contributed by atoms with Gasteiger partial charge in [-0.25, -0.2) is 9.18 Å². The minimum absolute atomic E-state index is 0.0442. The highest BCUT2D eigenvalue weighted by Gasteiger charge is 2.22. The van der Waals surface area contributed by atoms with Crippen molar-refractivity contribution in [1.82, 2.24) is 0 Å². The fourth-order valence-corrected chi connectivity index (χ4v) is 1.44. The third kappa shape index (κ3) is 3.16. The SMILES string of the molecule is CCC(Nc1cc(F)ccc1[N+](=O)[O-])C(=O)OC. The second-order valence-corrected chi connectivity index (χ2v) is 3.55. The first-order valence-electron chi connectivity index (χ1n) is 5.27. The van der Waals surface area contributed by atoms with E-state index in [-0.39, 0.29) is 11.4 Å². The van der Waals surface area contributed by atoms with E-state index in [2.05, 4.69) is 10.1 Å². The van der Waals surface area contributed by atoms with Gasteiger partial charge in [0, 0.05) is 12.1 Å². The molecule has 0 saturated heterocycles. The second kappa shape index (κ2) is 5.95.